The number of para-hydroxylation sites is 2. The molecule has 0 spiro atoms. The van der Waals surface area contributed by atoms with Gasteiger partial charge in [-0.3, -0.25) is 9.59 Å². The average Bonchev–Trinajstić information content (AvgIpc) is 3.22. The summed E-state index contributed by atoms with van der Waals surface area (Å²) in [5.74, 6) is -1.63. The Kier molecular flexibility index (Phi) is 6.56. The Labute approximate surface area is 150 Å². The Morgan fingerprint density at radius 1 is 0.885 bits per heavy atom. The maximum Gasteiger partial charge on any atom is 0.307 e. The van der Waals surface area contributed by atoms with E-state index in [1.807, 2.05) is 42.6 Å². The van der Waals surface area contributed by atoms with Crippen LogP contribution in [0.1, 0.15) is 12.5 Å². The molecule has 4 aromatic rings. The van der Waals surface area contributed by atoms with Crippen molar-refractivity contribution in [1.82, 2.24) is 9.97 Å². The van der Waals surface area contributed by atoms with Crippen molar-refractivity contribution in [3.63, 3.8) is 0 Å². The maximum absolute atomic E-state index is 10.5. The lowest BCUT2D eigenvalue weighted by molar-refractivity contribution is -0.136. The van der Waals surface area contributed by atoms with Gasteiger partial charge in [0.2, 0.25) is 0 Å². The molecule has 6 heteroatoms. The maximum atomic E-state index is 10.5. The van der Waals surface area contributed by atoms with E-state index in [1.54, 1.807) is 6.20 Å². The number of benzene rings is 2. The SMILES string of the molecule is CC(=O)O.O=C(O)Cc1c[nH]c2ccccc12.c1ccc2[nH]ccc2c1. The van der Waals surface area contributed by atoms with Gasteiger partial charge in [0.05, 0.1) is 6.42 Å². The van der Waals surface area contributed by atoms with Crippen LogP contribution >= 0.6 is 0 Å². The van der Waals surface area contributed by atoms with Gasteiger partial charge in [-0.2, -0.15) is 0 Å². The molecule has 26 heavy (non-hydrogen) atoms. The van der Waals surface area contributed by atoms with Gasteiger partial charge in [0.15, 0.2) is 0 Å². The van der Waals surface area contributed by atoms with E-state index < -0.39 is 11.9 Å². The molecular weight excluding hydrogens is 332 g/mol. The van der Waals surface area contributed by atoms with Gasteiger partial charge in [0.1, 0.15) is 0 Å². The van der Waals surface area contributed by atoms with Crippen LogP contribution < -0.4 is 0 Å². The van der Waals surface area contributed by atoms with Crippen LogP contribution in [0.3, 0.4) is 0 Å². The van der Waals surface area contributed by atoms with Gasteiger partial charge in [0, 0.05) is 35.7 Å². The molecule has 0 saturated heterocycles. The fourth-order valence-corrected chi connectivity index (χ4v) is 2.44. The molecule has 0 atom stereocenters. The fourth-order valence-electron chi connectivity index (χ4n) is 2.44. The van der Waals surface area contributed by atoms with Crippen molar-refractivity contribution in [2.45, 2.75) is 13.3 Å². The number of carbonyl (C=O) groups is 2. The normalized spacial score (nSPS) is 9.73. The van der Waals surface area contributed by atoms with Gasteiger partial charge in [-0.15, -0.1) is 0 Å². The predicted molar refractivity (Wildman–Crippen MR) is 101 cm³/mol. The van der Waals surface area contributed by atoms with Gasteiger partial charge < -0.3 is 20.2 Å². The molecule has 0 bridgehead atoms. The number of rotatable bonds is 2. The van der Waals surface area contributed by atoms with Crippen molar-refractivity contribution in [3.05, 3.63) is 72.6 Å². The number of carboxylic acids is 2. The second-order valence-corrected chi connectivity index (χ2v) is 5.51. The third-order valence-corrected chi connectivity index (χ3v) is 3.48. The van der Waals surface area contributed by atoms with Crippen molar-refractivity contribution < 1.29 is 19.8 Å². The molecule has 0 fully saturated rings. The number of aromatic nitrogens is 2. The lowest BCUT2D eigenvalue weighted by Crippen LogP contribution is -1.98. The van der Waals surface area contributed by atoms with E-state index in [0.717, 1.165) is 23.4 Å². The summed E-state index contributed by atoms with van der Waals surface area (Å²) in [4.78, 5) is 25.6. The second-order valence-electron chi connectivity index (χ2n) is 5.51. The highest BCUT2D eigenvalue weighted by molar-refractivity contribution is 5.86. The molecule has 4 N–H and O–H groups in total. The molecule has 0 aliphatic heterocycles. The van der Waals surface area contributed by atoms with Crippen LogP contribution in [-0.2, 0) is 16.0 Å². The zero-order chi connectivity index (χ0) is 18.9. The van der Waals surface area contributed by atoms with Crippen LogP contribution in [0.15, 0.2) is 67.0 Å². The quantitative estimate of drug-likeness (QED) is 0.436. The highest BCUT2D eigenvalue weighted by Gasteiger charge is 2.05. The predicted octanol–water partition coefficient (Wildman–Crippen LogP) is 4.05. The Hall–Kier alpha value is -3.54. The minimum atomic E-state index is -0.833. The summed E-state index contributed by atoms with van der Waals surface area (Å²) in [6.07, 6.45) is 3.77. The molecule has 4 rings (SSSR count). The van der Waals surface area contributed by atoms with Gasteiger partial charge >= 0.3 is 5.97 Å². The topological polar surface area (TPSA) is 106 Å². The Morgan fingerprint density at radius 2 is 1.50 bits per heavy atom. The van der Waals surface area contributed by atoms with E-state index in [9.17, 15) is 4.79 Å². The van der Waals surface area contributed by atoms with Crippen molar-refractivity contribution in [1.29, 1.82) is 0 Å². The molecule has 134 valence electrons. The molecular formula is C20H20N2O4. The number of fused-ring (bicyclic) bond motifs is 2. The minimum Gasteiger partial charge on any atom is -0.481 e. The zero-order valence-corrected chi connectivity index (χ0v) is 14.3. The standard InChI is InChI=1S/C10H9NO2.C8H7N.C2H4O2/c12-10(13)5-7-6-11-9-4-2-1-3-8(7)9;1-2-4-8-7(3-1)5-6-9-8;1-2(3)4/h1-4,6,11H,5H2,(H,12,13);1-6,9H;1H3,(H,3,4). The molecule has 6 nitrogen and oxygen atoms in total. The molecule has 0 radical (unpaired) electrons. The number of carboxylic acid groups (broad SMARTS) is 2. The number of nitrogens with one attached hydrogen (secondary N) is 2. The summed E-state index contributed by atoms with van der Waals surface area (Å²) >= 11 is 0. The second kappa shape index (κ2) is 9.08. The largest absolute Gasteiger partial charge is 0.481 e. The molecule has 0 aliphatic rings. The van der Waals surface area contributed by atoms with Crippen LogP contribution in [0.4, 0.5) is 0 Å². The lowest BCUT2D eigenvalue weighted by atomic mass is 10.1. The smallest absolute Gasteiger partial charge is 0.307 e. The first-order valence-electron chi connectivity index (χ1n) is 7.96. The molecule has 0 aliphatic carbocycles. The Balaban J connectivity index is 0.000000162. The average molecular weight is 352 g/mol. The number of hydrogen-bond donors (Lipinski definition) is 4. The van der Waals surface area contributed by atoms with E-state index in [1.165, 1.54) is 10.9 Å². The summed E-state index contributed by atoms with van der Waals surface area (Å²) in [7, 11) is 0. The summed E-state index contributed by atoms with van der Waals surface area (Å²) in [6.45, 7) is 1.08. The van der Waals surface area contributed by atoms with Gasteiger partial charge in [-0.25, -0.2) is 0 Å². The first-order chi connectivity index (χ1) is 12.5. The summed E-state index contributed by atoms with van der Waals surface area (Å²) in [5, 5.41) is 18.3. The summed E-state index contributed by atoms with van der Waals surface area (Å²) < 4.78 is 0. The Bertz CT molecular complexity index is 967. The van der Waals surface area contributed by atoms with Crippen LogP contribution in [-0.4, -0.2) is 32.1 Å². The van der Waals surface area contributed by atoms with Crippen molar-refractivity contribution in [3.8, 4) is 0 Å². The number of aromatic amines is 2. The Morgan fingerprint density at radius 3 is 2.15 bits per heavy atom. The third kappa shape index (κ3) is 5.52. The van der Waals surface area contributed by atoms with Gasteiger partial charge in [-0.1, -0.05) is 36.4 Å². The van der Waals surface area contributed by atoms with Gasteiger partial charge in [0.25, 0.3) is 5.97 Å². The van der Waals surface area contributed by atoms with Crippen molar-refractivity contribution in [2.24, 2.45) is 0 Å². The zero-order valence-electron chi connectivity index (χ0n) is 14.3. The van der Waals surface area contributed by atoms with Crippen LogP contribution in [0.2, 0.25) is 0 Å². The molecule has 2 heterocycles. The van der Waals surface area contributed by atoms with E-state index in [-0.39, 0.29) is 6.42 Å². The highest BCUT2D eigenvalue weighted by atomic mass is 16.4. The minimum absolute atomic E-state index is 0.0734. The summed E-state index contributed by atoms with van der Waals surface area (Å²) in [5.41, 5.74) is 3.03. The monoisotopic (exact) mass is 352 g/mol. The molecule has 0 amide bonds. The van der Waals surface area contributed by atoms with Gasteiger partial charge in [-0.05, 0) is 29.1 Å². The number of H-pyrrole nitrogens is 2. The van der Waals surface area contributed by atoms with E-state index in [0.29, 0.717) is 0 Å². The molecule has 0 saturated carbocycles. The van der Waals surface area contributed by atoms with Crippen molar-refractivity contribution in [2.75, 3.05) is 0 Å². The van der Waals surface area contributed by atoms with E-state index >= 15 is 0 Å². The molecule has 0 unspecified atom stereocenters. The third-order valence-electron chi connectivity index (χ3n) is 3.48. The first-order valence-corrected chi connectivity index (χ1v) is 7.96. The molecule has 2 aromatic carbocycles. The highest BCUT2D eigenvalue weighted by Crippen LogP contribution is 2.17. The lowest BCUT2D eigenvalue weighted by Gasteiger charge is -1.92. The van der Waals surface area contributed by atoms with Crippen LogP contribution in [0.25, 0.3) is 21.8 Å². The summed E-state index contributed by atoms with van der Waals surface area (Å²) in [6, 6.07) is 18.0. The van der Waals surface area contributed by atoms with E-state index in [4.69, 9.17) is 15.0 Å². The first kappa shape index (κ1) is 18.8. The van der Waals surface area contributed by atoms with Crippen LogP contribution in [0.5, 0.6) is 0 Å². The van der Waals surface area contributed by atoms with Crippen LogP contribution in [0, 0.1) is 0 Å². The number of hydrogen-bond acceptors (Lipinski definition) is 2. The van der Waals surface area contributed by atoms with Crippen molar-refractivity contribution >= 4 is 33.7 Å². The molecule has 2 aromatic heterocycles. The number of aliphatic carboxylic acids is 2. The van der Waals surface area contributed by atoms with E-state index in [2.05, 4.69) is 28.2 Å². The fraction of sp³-hybridized carbons (Fsp3) is 0.100.